The molecule has 1 unspecified atom stereocenters. The van der Waals surface area contributed by atoms with Crippen LogP contribution in [0.1, 0.15) is 42.3 Å². The minimum atomic E-state index is -3.42. The van der Waals surface area contributed by atoms with Crippen LogP contribution in [-0.2, 0) is 22.2 Å². The number of aromatic nitrogens is 2. The molecule has 1 aliphatic heterocycles. The highest BCUT2D eigenvalue weighted by Gasteiger charge is 2.39. The molecule has 3 aromatic rings. The Kier molecular flexibility index (Phi) is 6.94. The summed E-state index contributed by atoms with van der Waals surface area (Å²) in [6.45, 7) is 5.06. The summed E-state index contributed by atoms with van der Waals surface area (Å²) < 4.78 is 28.0. The SMILES string of the molecule is C[C@@H]1CN(S(=O)(=O)Cc2ccccc2)C[C@H](C)N1C(Cc1ccc(C#N)cc1)c1cnc[nH]1. The second-order valence-electron chi connectivity index (χ2n) is 8.74. The van der Waals surface area contributed by atoms with Gasteiger partial charge in [0.15, 0.2) is 0 Å². The molecule has 2 heterocycles. The summed E-state index contributed by atoms with van der Waals surface area (Å²) >= 11 is 0. The van der Waals surface area contributed by atoms with Gasteiger partial charge in [0.25, 0.3) is 0 Å². The van der Waals surface area contributed by atoms with E-state index in [0.29, 0.717) is 18.7 Å². The van der Waals surface area contributed by atoms with Gasteiger partial charge in [0.05, 0.1) is 35.4 Å². The predicted octanol–water partition coefficient (Wildman–Crippen LogP) is 3.49. The Morgan fingerprint density at radius 3 is 2.30 bits per heavy atom. The minimum absolute atomic E-state index is 0.0164. The van der Waals surface area contributed by atoms with Crippen LogP contribution in [0.15, 0.2) is 67.1 Å². The molecule has 172 valence electrons. The maximum atomic E-state index is 13.2. The topological polar surface area (TPSA) is 93.1 Å². The Balaban J connectivity index is 1.54. The highest BCUT2D eigenvalue weighted by molar-refractivity contribution is 7.88. The average molecular weight is 464 g/mol. The monoisotopic (exact) mass is 463 g/mol. The molecule has 2 aromatic carbocycles. The van der Waals surface area contributed by atoms with Gasteiger partial charge in [0.1, 0.15) is 0 Å². The molecule has 4 rings (SSSR count). The van der Waals surface area contributed by atoms with E-state index < -0.39 is 10.0 Å². The lowest BCUT2D eigenvalue weighted by Gasteiger charge is -2.47. The summed E-state index contributed by atoms with van der Waals surface area (Å²) in [5, 5.41) is 9.09. The van der Waals surface area contributed by atoms with Gasteiger partial charge in [-0.25, -0.2) is 13.4 Å². The normalized spacial score (nSPS) is 20.9. The largest absolute Gasteiger partial charge is 0.347 e. The van der Waals surface area contributed by atoms with E-state index in [-0.39, 0.29) is 23.9 Å². The lowest BCUT2D eigenvalue weighted by molar-refractivity contribution is 0.0333. The highest BCUT2D eigenvalue weighted by Crippen LogP contribution is 2.32. The van der Waals surface area contributed by atoms with Crippen LogP contribution in [0.25, 0.3) is 0 Å². The molecule has 0 bridgehead atoms. The lowest BCUT2D eigenvalue weighted by atomic mass is 9.97. The Labute approximate surface area is 195 Å². The van der Waals surface area contributed by atoms with Crippen LogP contribution in [0.2, 0.25) is 0 Å². The van der Waals surface area contributed by atoms with Crippen LogP contribution in [0.4, 0.5) is 0 Å². The number of H-pyrrole nitrogens is 1. The van der Waals surface area contributed by atoms with Crippen molar-refractivity contribution in [2.24, 2.45) is 0 Å². The molecular weight excluding hydrogens is 434 g/mol. The van der Waals surface area contributed by atoms with Gasteiger partial charge < -0.3 is 4.98 Å². The van der Waals surface area contributed by atoms with Gasteiger partial charge in [-0.1, -0.05) is 42.5 Å². The van der Waals surface area contributed by atoms with Crippen LogP contribution in [-0.4, -0.2) is 52.8 Å². The van der Waals surface area contributed by atoms with Gasteiger partial charge in [-0.2, -0.15) is 9.57 Å². The number of benzene rings is 2. The molecule has 1 aliphatic rings. The number of rotatable bonds is 7. The molecule has 0 amide bonds. The first kappa shape index (κ1) is 23.2. The standard InChI is InChI=1S/C25H29N5O2S/c1-19-15-29(33(31,32)17-23-6-4-3-5-7-23)16-20(2)30(19)25(24-14-27-18-28-24)12-21-8-10-22(13-26)11-9-21/h3-11,14,18-20,25H,12,15-17H2,1-2H3,(H,27,28)/t19-,20+,25?. The Morgan fingerprint density at radius 1 is 1.06 bits per heavy atom. The number of nitriles is 1. The minimum Gasteiger partial charge on any atom is -0.347 e. The highest BCUT2D eigenvalue weighted by atomic mass is 32.2. The molecule has 1 fully saturated rings. The molecule has 0 spiro atoms. The van der Waals surface area contributed by atoms with E-state index in [9.17, 15) is 8.42 Å². The van der Waals surface area contributed by atoms with E-state index in [0.717, 1.165) is 23.2 Å². The molecule has 33 heavy (non-hydrogen) atoms. The van der Waals surface area contributed by atoms with Crippen molar-refractivity contribution >= 4 is 10.0 Å². The number of sulfonamides is 1. The Morgan fingerprint density at radius 2 is 1.73 bits per heavy atom. The first-order valence-electron chi connectivity index (χ1n) is 11.1. The molecule has 1 aromatic heterocycles. The predicted molar refractivity (Wildman–Crippen MR) is 128 cm³/mol. The average Bonchev–Trinajstić information content (AvgIpc) is 3.33. The van der Waals surface area contributed by atoms with Crippen molar-refractivity contribution in [3.63, 3.8) is 0 Å². The van der Waals surface area contributed by atoms with Crippen LogP contribution in [0.3, 0.4) is 0 Å². The molecule has 1 N–H and O–H groups in total. The zero-order chi connectivity index (χ0) is 23.4. The second kappa shape index (κ2) is 9.87. The van der Waals surface area contributed by atoms with E-state index in [1.807, 2.05) is 60.8 Å². The van der Waals surface area contributed by atoms with Crippen molar-refractivity contribution in [3.8, 4) is 6.07 Å². The number of hydrogen-bond donors (Lipinski definition) is 1. The van der Waals surface area contributed by atoms with Crippen molar-refractivity contribution in [1.82, 2.24) is 19.2 Å². The summed E-state index contributed by atoms with van der Waals surface area (Å²) in [6, 6.07) is 19.2. The Hall–Kier alpha value is -2.99. The van der Waals surface area contributed by atoms with Gasteiger partial charge in [0, 0.05) is 31.4 Å². The third-order valence-corrected chi connectivity index (χ3v) is 8.07. The third-order valence-electron chi connectivity index (χ3n) is 6.29. The van der Waals surface area contributed by atoms with Crippen molar-refractivity contribution in [2.45, 2.75) is 44.1 Å². The number of nitrogens with one attached hydrogen (secondary N) is 1. The maximum Gasteiger partial charge on any atom is 0.218 e. The van der Waals surface area contributed by atoms with Crippen molar-refractivity contribution < 1.29 is 8.42 Å². The molecular formula is C25H29N5O2S. The van der Waals surface area contributed by atoms with Gasteiger partial charge >= 0.3 is 0 Å². The molecule has 7 nitrogen and oxygen atoms in total. The first-order valence-corrected chi connectivity index (χ1v) is 12.7. The summed E-state index contributed by atoms with van der Waals surface area (Å²) in [6.07, 6.45) is 4.25. The smallest absolute Gasteiger partial charge is 0.218 e. The van der Waals surface area contributed by atoms with E-state index in [2.05, 4.69) is 34.8 Å². The van der Waals surface area contributed by atoms with Gasteiger partial charge in [0.2, 0.25) is 10.0 Å². The van der Waals surface area contributed by atoms with Crippen molar-refractivity contribution in [1.29, 1.82) is 5.26 Å². The third kappa shape index (κ3) is 5.33. The van der Waals surface area contributed by atoms with E-state index in [1.165, 1.54) is 0 Å². The molecule has 1 saturated heterocycles. The molecule has 8 heteroatoms. The summed E-state index contributed by atoms with van der Waals surface area (Å²) in [4.78, 5) is 9.87. The van der Waals surface area contributed by atoms with Crippen LogP contribution in [0.5, 0.6) is 0 Å². The maximum absolute atomic E-state index is 13.2. The number of hydrogen-bond acceptors (Lipinski definition) is 5. The number of nitrogens with zero attached hydrogens (tertiary/aromatic N) is 4. The molecule has 3 atom stereocenters. The molecule has 0 saturated carbocycles. The number of piperazine rings is 1. The zero-order valence-electron chi connectivity index (χ0n) is 18.9. The summed E-state index contributed by atoms with van der Waals surface area (Å²) in [5.41, 5.74) is 3.55. The second-order valence-corrected chi connectivity index (χ2v) is 10.7. The van der Waals surface area contributed by atoms with Crippen LogP contribution < -0.4 is 0 Å². The quantitative estimate of drug-likeness (QED) is 0.579. The van der Waals surface area contributed by atoms with E-state index >= 15 is 0 Å². The first-order chi connectivity index (χ1) is 15.9. The zero-order valence-corrected chi connectivity index (χ0v) is 19.7. The molecule has 0 aliphatic carbocycles. The summed E-state index contributed by atoms with van der Waals surface area (Å²) in [7, 11) is -3.42. The van der Waals surface area contributed by atoms with Gasteiger partial charge in [-0.05, 0) is 43.5 Å². The molecule has 0 radical (unpaired) electrons. The number of imidazole rings is 1. The fourth-order valence-electron chi connectivity index (χ4n) is 4.77. The van der Waals surface area contributed by atoms with E-state index in [1.54, 1.807) is 10.6 Å². The number of aromatic amines is 1. The fourth-order valence-corrected chi connectivity index (χ4v) is 6.45. The fraction of sp³-hybridized carbons (Fsp3) is 0.360. The van der Waals surface area contributed by atoms with Crippen LogP contribution in [0, 0.1) is 11.3 Å². The van der Waals surface area contributed by atoms with Crippen LogP contribution >= 0.6 is 0 Å². The van der Waals surface area contributed by atoms with E-state index in [4.69, 9.17) is 5.26 Å². The summed E-state index contributed by atoms with van der Waals surface area (Å²) in [5.74, 6) is 0.0164. The van der Waals surface area contributed by atoms with Gasteiger partial charge in [-0.15, -0.1) is 0 Å². The van der Waals surface area contributed by atoms with Gasteiger partial charge in [-0.3, -0.25) is 4.90 Å². The van der Waals surface area contributed by atoms with Crippen molar-refractivity contribution in [3.05, 3.63) is 89.5 Å². The van der Waals surface area contributed by atoms with Crippen molar-refractivity contribution in [2.75, 3.05) is 13.1 Å². The lowest BCUT2D eigenvalue weighted by Crippen LogP contribution is -2.59. The Bertz CT molecular complexity index is 1180.